The maximum atomic E-state index is 11.7. The minimum atomic E-state index is -3.17. The highest BCUT2D eigenvalue weighted by Gasteiger charge is 2.38. The standard InChI is InChI=1S/C21H19BrO2S/c1-25(23,24)18-9-5-16(6-10-18)20-14-21(11-2-12-21)13-19(20)15-3-7-17(22)8-4-15/h3-10,13-14H,2,11-12H2,1H3. The van der Waals surface area contributed by atoms with E-state index in [0.717, 1.165) is 10.0 Å². The van der Waals surface area contributed by atoms with Crippen molar-refractivity contribution >= 4 is 36.9 Å². The van der Waals surface area contributed by atoms with Crippen molar-refractivity contribution in [3.05, 3.63) is 76.3 Å². The number of hydrogen-bond donors (Lipinski definition) is 0. The summed E-state index contributed by atoms with van der Waals surface area (Å²) in [6, 6.07) is 15.6. The lowest BCUT2D eigenvalue weighted by molar-refractivity contribution is 0.282. The first kappa shape index (κ1) is 16.8. The van der Waals surface area contributed by atoms with Gasteiger partial charge >= 0.3 is 0 Å². The van der Waals surface area contributed by atoms with Crippen LogP contribution in [0.2, 0.25) is 0 Å². The van der Waals surface area contributed by atoms with Gasteiger partial charge in [0.15, 0.2) is 9.84 Å². The molecule has 2 aromatic rings. The molecule has 0 saturated heterocycles. The molecule has 2 aromatic carbocycles. The van der Waals surface area contributed by atoms with Gasteiger partial charge in [0.05, 0.1) is 4.90 Å². The van der Waals surface area contributed by atoms with Gasteiger partial charge in [-0.15, -0.1) is 0 Å². The summed E-state index contributed by atoms with van der Waals surface area (Å²) in [5, 5.41) is 0. The summed E-state index contributed by atoms with van der Waals surface area (Å²) in [6.07, 6.45) is 9.67. The highest BCUT2D eigenvalue weighted by atomic mass is 79.9. The fraction of sp³-hybridized carbons (Fsp3) is 0.238. The predicted molar refractivity (Wildman–Crippen MR) is 106 cm³/mol. The molecule has 0 bridgehead atoms. The number of hydrogen-bond acceptors (Lipinski definition) is 2. The van der Waals surface area contributed by atoms with Gasteiger partial charge in [0, 0.05) is 16.1 Å². The van der Waals surface area contributed by atoms with Crippen LogP contribution in [-0.2, 0) is 9.84 Å². The summed E-state index contributed by atoms with van der Waals surface area (Å²) < 4.78 is 24.5. The van der Waals surface area contributed by atoms with Crippen molar-refractivity contribution in [1.29, 1.82) is 0 Å². The van der Waals surface area contributed by atoms with Crippen molar-refractivity contribution in [2.45, 2.75) is 24.2 Å². The van der Waals surface area contributed by atoms with Gasteiger partial charge in [0.25, 0.3) is 0 Å². The molecule has 0 aromatic heterocycles. The van der Waals surface area contributed by atoms with Crippen LogP contribution in [0.1, 0.15) is 30.4 Å². The fourth-order valence-corrected chi connectivity index (χ4v) is 4.53. The van der Waals surface area contributed by atoms with Crippen LogP contribution in [0, 0.1) is 5.41 Å². The van der Waals surface area contributed by atoms with Crippen LogP contribution in [0.3, 0.4) is 0 Å². The minimum absolute atomic E-state index is 0.188. The van der Waals surface area contributed by atoms with Crippen molar-refractivity contribution in [1.82, 2.24) is 0 Å². The van der Waals surface area contributed by atoms with E-state index in [2.05, 4.69) is 52.3 Å². The van der Waals surface area contributed by atoms with Gasteiger partial charge in [-0.25, -0.2) is 8.42 Å². The van der Waals surface area contributed by atoms with E-state index in [0.29, 0.717) is 4.90 Å². The lowest BCUT2D eigenvalue weighted by atomic mass is 9.70. The molecular formula is C21H19BrO2S. The first-order valence-corrected chi connectivity index (χ1v) is 11.1. The van der Waals surface area contributed by atoms with Crippen molar-refractivity contribution < 1.29 is 8.42 Å². The maximum Gasteiger partial charge on any atom is 0.175 e. The molecule has 25 heavy (non-hydrogen) atoms. The fourth-order valence-electron chi connectivity index (χ4n) is 3.63. The highest BCUT2D eigenvalue weighted by Crippen LogP contribution is 2.53. The van der Waals surface area contributed by atoms with Crippen LogP contribution in [0.5, 0.6) is 0 Å². The van der Waals surface area contributed by atoms with Crippen LogP contribution in [-0.4, -0.2) is 14.7 Å². The smallest absolute Gasteiger partial charge is 0.175 e. The molecule has 0 radical (unpaired) electrons. The highest BCUT2D eigenvalue weighted by molar-refractivity contribution is 9.10. The molecule has 2 aliphatic carbocycles. The third-order valence-corrected chi connectivity index (χ3v) is 6.84. The average molecular weight is 415 g/mol. The van der Waals surface area contributed by atoms with Crippen LogP contribution in [0.4, 0.5) is 0 Å². The SMILES string of the molecule is CS(=O)(=O)c1ccc(C2=CC3(C=C2c2ccc(Br)cc2)CCC3)cc1. The number of sulfone groups is 1. The Morgan fingerprint density at radius 1 is 0.840 bits per heavy atom. The van der Waals surface area contributed by atoms with Gasteiger partial charge in [0.2, 0.25) is 0 Å². The lowest BCUT2D eigenvalue weighted by Gasteiger charge is -2.34. The van der Waals surface area contributed by atoms with Gasteiger partial charge in [-0.2, -0.15) is 0 Å². The summed E-state index contributed by atoms with van der Waals surface area (Å²) in [6.45, 7) is 0. The van der Waals surface area contributed by atoms with E-state index in [-0.39, 0.29) is 5.41 Å². The number of allylic oxidation sites excluding steroid dienone is 4. The molecule has 1 saturated carbocycles. The molecule has 0 N–H and O–H groups in total. The molecular weight excluding hydrogens is 396 g/mol. The summed E-state index contributed by atoms with van der Waals surface area (Å²) in [5.74, 6) is 0. The summed E-state index contributed by atoms with van der Waals surface area (Å²) in [7, 11) is -3.17. The second-order valence-electron chi connectivity index (χ2n) is 7.01. The molecule has 1 spiro atoms. The molecule has 4 rings (SSSR count). The molecule has 2 aliphatic rings. The zero-order valence-corrected chi connectivity index (χ0v) is 16.4. The topological polar surface area (TPSA) is 34.1 Å². The quantitative estimate of drug-likeness (QED) is 0.663. The zero-order chi connectivity index (χ0) is 17.7. The Balaban J connectivity index is 1.77. The Morgan fingerprint density at radius 3 is 1.72 bits per heavy atom. The Hall–Kier alpha value is -1.65. The van der Waals surface area contributed by atoms with Gasteiger partial charge in [0.1, 0.15) is 0 Å². The van der Waals surface area contributed by atoms with Gasteiger partial charge in [-0.1, -0.05) is 58.8 Å². The summed E-state index contributed by atoms with van der Waals surface area (Å²) in [4.78, 5) is 0.363. The maximum absolute atomic E-state index is 11.7. The van der Waals surface area contributed by atoms with Gasteiger partial charge in [-0.3, -0.25) is 0 Å². The van der Waals surface area contributed by atoms with Crippen molar-refractivity contribution in [3.63, 3.8) is 0 Å². The van der Waals surface area contributed by atoms with E-state index in [4.69, 9.17) is 0 Å². The van der Waals surface area contributed by atoms with Crippen LogP contribution in [0.15, 0.2) is 70.1 Å². The van der Waals surface area contributed by atoms with E-state index in [1.165, 1.54) is 42.2 Å². The monoisotopic (exact) mass is 414 g/mol. The third-order valence-electron chi connectivity index (χ3n) is 5.19. The van der Waals surface area contributed by atoms with Gasteiger partial charge < -0.3 is 0 Å². The first-order chi connectivity index (χ1) is 11.9. The number of benzene rings is 2. The number of rotatable bonds is 3. The van der Waals surface area contributed by atoms with Crippen LogP contribution < -0.4 is 0 Å². The van der Waals surface area contributed by atoms with E-state index < -0.39 is 9.84 Å². The largest absolute Gasteiger partial charge is 0.224 e. The first-order valence-electron chi connectivity index (χ1n) is 8.39. The normalized spacial score (nSPS) is 18.6. The molecule has 0 amide bonds. The van der Waals surface area contributed by atoms with E-state index in [9.17, 15) is 8.42 Å². The minimum Gasteiger partial charge on any atom is -0.224 e. The number of halogens is 1. The molecule has 2 nitrogen and oxygen atoms in total. The third kappa shape index (κ3) is 3.13. The Kier molecular flexibility index (Phi) is 4.00. The second-order valence-corrected chi connectivity index (χ2v) is 9.94. The lowest BCUT2D eigenvalue weighted by Crippen LogP contribution is -2.22. The van der Waals surface area contributed by atoms with Gasteiger partial charge in [-0.05, 0) is 59.4 Å². The molecule has 0 heterocycles. The molecule has 4 heteroatoms. The van der Waals surface area contributed by atoms with Crippen LogP contribution >= 0.6 is 15.9 Å². The Labute approximate surface area is 157 Å². The average Bonchev–Trinajstić information content (AvgIpc) is 2.96. The Morgan fingerprint density at radius 2 is 1.32 bits per heavy atom. The van der Waals surface area contributed by atoms with Crippen LogP contribution in [0.25, 0.3) is 11.1 Å². The van der Waals surface area contributed by atoms with E-state index in [1.807, 2.05) is 12.1 Å². The Bertz CT molecular complexity index is 977. The van der Waals surface area contributed by atoms with Crippen molar-refractivity contribution in [3.8, 4) is 0 Å². The van der Waals surface area contributed by atoms with E-state index >= 15 is 0 Å². The molecule has 0 unspecified atom stereocenters. The van der Waals surface area contributed by atoms with Crippen molar-refractivity contribution in [2.75, 3.05) is 6.26 Å². The molecule has 0 atom stereocenters. The summed E-state index contributed by atoms with van der Waals surface area (Å²) >= 11 is 3.50. The molecule has 128 valence electrons. The molecule has 1 fully saturated rings. The van der Waals surface area contributed by atoms with Crippen molar-refractivity contribution in [2.24, 2.45) is 5.41 Å². The van der Waals surface area contributed by atoms with E-state index in [1.54, 1.807) is 12.1 Å². The summed E-state index contributed by atoms with van der Waals surface area (Å²) in [5.41, 5.74) is 4.92. The molecule has 0 aliphatic heterocycles. The predicted octanol–water partition coefficient (Wildman–Crippen LogP) is 5.50. The zero-order valence-electron chi connectivity index (χ0n) is 14.0. The second kappa shape index (κ2) is 5.96.